The summed E-state index contributed by atoms with van der Waals surface area (Å²) < 4.78 is 7.56. The van der Waals surface area contributed by atoms with Gasteiger partial charge in [0, 0.05) is 0 Å². The predicted octanol–water partition coefficient (Wildman–Crippen LogP) is 1.24. The molecule has 0 N–H and O–H groups in total. The normalized spacial score (nSPS) is 30.4. The molecule has 1 fully saturated rings. The van der Waals surface area contributed by atoms with E-state index in [1.54, 1.807) is 12.7 Å². The van der Waals surface area contributed by atoms with Crippen LogP contribution in [0, 0.1) is 0 Å². The molecule has 0 radical (unpaired) electrons. The maximum atomic E-state index is 5.73. The number of epoxide rings is 1. The first-order valence-corrected chi connectivity index (χ1v) is 4.62. The van der Waals surface area contributed by atoms with Crippen LogP contribution in [0.3, 0.4) is 0 Å². The van der Waals surface area contributed by atoms with Crippen LogP contribution in [-0.2, 0) is 11.3 Å². The molecular formula is C9H15N3O. The fourth-order valence-electron chi connectivity index (χ4n) is 1.87. The lowest BCUT2D eigenvalue weighted by Crippen LogP contribution is -2.26. The Kier molecular flexibility index (Phi) is 1.70. The summed E-state index contributed by atoms with van der Waals surface area (Å²) in [6, 6.07) is 0. The Morgan fingerprint density at radius 2 is 2.15 bits per heavy atom. The fraction of sp³-hybridized carbons (Fsp3) is 0.778. The number of hydrogen-bond acceptors (Lipinski definition) is 3. The van der Waals surface area contributed by atoms with Gasteiger partial charge < -0.3 is 4.74 Å². The molecule has 0 spiro atoms. The Labute approximate surface area is 77.9 Å². The average Bonchev–Trinajstić information content (AvgIpc) is 2.52. The average molecular weight is 181 g/mol. The zero-order chi connectivity index (χ0) is 9.53. The summed E-state index contributed by atoms with van der Waals surface area (Å²) in [6.07, 6.45) is 4.30. The summed E-state index contributed by atoms with van der Waals surface area (Å²) in [7, 11) is 0. The summed E-state index contributed by atoms with van der Waals surface area (Å²) in [6.45, 7) is 7.18. The standard InChI is InChI=1S/C9H15N3O/c1-4-9(8(2,3)13-9)5-12-7-10-6-11-12/h6-7H,4-5H2,1-3H3. The zero-order valence-electron chi connectivity index (χ0n) is 8.32. The van der Waals surface area contributed by atoms with E-state index in [-0.39, 0.29) is 11.2 Å². The van der Waals surface area contributed by atoms with Gasteiger partial charge in [-0.2, -0.15) is 5.10 Å². The Morgan fingerprint density at radius 1 is 1.46 bits per heavy atom. The Morgan fingerprint density at radius 3 is 2.54 bits per heavy atom. The molecule has 4 heteroatoms. The lowest BCUT2D eigenvalue weighted by atomic mass is 9.93. The molecule has 4 nitrogen and oxygen atoms in total. The molecule has 72 valence electrons. The van der Waals surface area contributed by atoms with Crippen molar-refractivity contribution in [2.75, 3.05) is 0 Å². The van der Waals surface area contributed by atoms with Gasteiger partial charge in [-0.05, 0) is 20.3 Å². The molecule has 0 aromatic carbocycles. The van der Waals surface area contributed by atoms with Crippen LogP contribution in [-0.4, -0.2) is 26.0 Å². The zero-order valence-corrected chi connectivity index (χ0v) is 8.32. The highest BCUT2D eigenvalue weighted by Crippen LogP contribution is 2.50. The van der Waals surface area contributed by atoms with Crippen molar-refractivity contribution in [3.05, 3.63) is 12.7 Å². The SMILES string of the molecule is CCC1(Cn2cncn2)OC1(C)C. The van der Waals surface area contributed by atoms with E-state index < -0.39 is 0 Å². The number of aromatic nitrogens is 3. The van der Waals surface area contributed by atoms with Crippen LogP contribution in [0.5, 0.6) is 0 Å². The van der Waals surface area contributed by atoms with Gasteiger partial charge in [-0.25, -0.2) is 9.67 Å². The van der Waals surface area contributed by atoms with Gasteiger partial charge in [0.15, 0.2) is 0 Å². The first-order chi connectivity index (χ1) is 6.10. The molecule has 0 saturated carbocycles. The van der Waals surface area contributed by atoms with Crippen molar-refractivity contribution in [2.24, 2.45) is 0 Å². The number of rotatable bonds is 3. The maximum Gasteiger partial charge on any atom is 0.137 e. The van der Waals surface area contributed by atoms with Gasteiger partial charge in [-0.1, -0.05) is 6.92 Å². The third-order valence-electron chi connectivity index (χ3n) is 2.96. The molecule has 2 heterocycles. The van der Waals surface area contributed by atoms with Crippen LogP contribution in [0.15, 0.2) is 12.7 Å². The van der Waals surface area contributed by atoms with E-state index in [0.717, 1.165) is 13.0 Å². The van der Waals surface area contributed by atoms with Crippen molar-refractivity contribution >= 4 is 0 Å². The second kappa shape index (κ2) is 2.54. The lowest BCUT2D eigenvalue weighted by Gasteiger charge is -2.11. The third kappa shape index (κ3) is 1.25. The van der Waals surface area contributed by atoms with Crippen LogP contribution in [0.2, 0.25) is 0 Å². The van der Waals surface area contributed by atoms with Crippen LogP contribution in [0.25, 0.3) is 0 Å². The molecule has 1 aliphatic rings. The van der Waals surface area contributed by atoms with Crippen LogP contribution < -0.4 is 0 Å². The predicted molar refractivity (Wildman–Crippen MR) is 48.2 cm³/mol. The first-order valence-electron chi connectivity index (χ1n) is 4.62. The fourth-order valence-corrected chi connectivity index (χ4v) is 1.87. The number of ether oxygens (including phenoxy) is 1. The van der Waals surface area contributed by atoms with Crippen LogP contribution in [0.4, 0.5) is 0 Å². The minimum atomic E-state index is -0.0271. The van der Waals surface area contributed by atoms with Crippen LogP contribution in [0.1, 0.15) is 27.2 Å². The van der Waals surface area contributed by atoms with Crippen molar-refractivity contribution in [3.63, 3.8) is 0 Å². The summed E-state index contributed by atoms with van der Waals surface area (Å²) in [4.78, 5) is 3.91. The van der Waals surface area contributed by atoms with E-state index in [4.69, 9.17) is 4.74 Å². The Bertz CT molecular complexity index is 294. The van der Waals surface area contributed by atoms with Crippen molar-refractivity contribution < 1.29 is 4.74 Å². The molecule has 0 aliphatic carbocycles. The second-order valence-corrected chi connectivity index (χ2v) is 4.05. The first kappa shape index (κ1) is 8.69. The van der Waals surface area contributed by atoms with Gasteiger partial charge in [0.05, 0.1) is 12.1 Å². The number of nitrogens with zero attached hydrogens (tertiary/aromatic N) is 3. The minimum Gasteiger partial charge on any atom is -0.361 e. The van der Waals surface area contributed by atoms with Crippen molar-refractivity contribution in [3.8, 4) is 0 Å². The molecule has 1 aromatic heterocycles. The molecule has 13 heavy (non-hydrogen) atoms. The summed E-state index contributed by atoms with van der Waals surface area (Å²) >= 11 is 0. The van der Waals surface area contributed by atoms with Gasteiger partial charge in [0.2, 0.25) is 0 Å². The van der Waals surface area contributed by atoms with Crippen molar-refractivity contribution in [2.45, 2.75) is 44.9 Å². The Balaban J connectivity index is 2.10. The summed E-state index contributed by atoms with van der Waals surface area (Å²) in [5, 5.41) is 4.08. The van der Waals surface area contributed by atoms with Gasteiger partial charge in [0.25, 0.3) is 0 Å². The molecule has 1 saturated heterocycles. The molecule has 2 rings (SSSR count). The number of hydrogen-bond donors (Lipinski definition) is 0. The van der Waals surface area contributed by atoms with E-state index in [2.05, 4.69) is 30.9 Å². The lowest BCUT2D eigenvalue weighted by molar-refractivity contribution is 0.244. The second-order valence-electron chi connectivity index (χ2n) is 4.05. The quantitative estimate of drug-likeness (QED) is 0.659. The van der Waals surface area contributed by atoms with Crippen molar-refractivity contribution in [1.29, 1.82) is 0 Å². The van der Waals surface area contributed by atoms with E-state index in [1.807, 2.05) is 4.68 Å². The summed E-state index contributed by atoms with van der Waals surface area (Å²) in [5.74, 6) is 0. The molecule has 0 amide bonds. The van der Waals surface area contributed by atoms with E-state index in [1.165, 1.54) is 0 Å². The molecule has 0 bridgehead atoms. The molecule has 1 aliphatic heterocycles. The highest BCUT2D eigenvalue weighted by Gasteiger charge is 2.62. The minimum absolute atomic E-state index is 0.00625. The van der Waals surface area contributed by atoms with Gasteiger partial charge >= 0.3 is 0 Å². The van der Waals surface area contributed by atoms with E-state index in [9.17, 15) is 0 Å². The molecule has 1 unspecified atom stereocenters. The van der Waals surface area contributed by atoms with Crippen LogP contribution >= 0.6 is 0 Å². The van der Waals surface area contributed by atoms with Gasteiger partial charge in [0.1, 0.15) is 18.3 Å². The van der Waals surface area contributed by atoms with Crippen molar-refractivity contribution in [1.82, 2.24) is 14.8 Å². The third-order valence-corrected chi connectivity index (χ3v) is 2.96. The largest absolute Gasteiger partial charge is 0.361 e. The molecule has 1 aromatic rings. The monoisotopic (exact) mass is 181 g/mol. The maximum absolute atomic E-state index is 5.73. The van der Waals surface area contributed by atoms with Gasteiger partial charge in [-0.3, -0.25) is 0 Å². The van der Waals surface area contributed by atoms with E-state index in [0.29, 0.717) is 0 Å². The highest BCUT2D eigenvalue weighted by molar-refractivity contribution is 5.09. The molecular weight excluding hydrogens is 166 g/mol. The highest BCUT2D eigenvalue weighted by atomic mass is 16.6. The smallest absolute Gasteiger partial charge is 0.137 e. The summed E-state index contributed by atoms with van der Waals surface area (Å²) in [5.41, 5.74) is -0.0333. The topological polar surface area (TPSA) is 43.2 Å². The van der Waals surface area contributed by atoms with E-state index >= 15 is 0 Å². The molecule has 1 atom stereocenters. The van der Waals surface area contributed by atoms with Gasteiger partial charge in [-0.15, -0.1) is 0 Å². The Hall–Kier alpha value is -0.900.